The zero-order valence-corrected chi connectivity index (χ0v) is 10.2. The molecular weight excluding hydrogens is 246 g/mol. The first-order chi connectivity index (χ1) is 8.84. The van der Waals surface area contributed by atoms with Gasteiger partial charge in [-0.05, 0) is 36.4 Å². The van der Waals surface area contributed by atoms with E-state index in [0.29, 0.717) is 5.02 Å². The first kappa shape index (κ1) is 11.0. The summed E-state index contributed by atoms with van der Waals surface area (Å²) in [5.74, 6) is 0.804. The highest BCUT2D eigenvalue weighted by Gasteiger charge is 2.08. The summed E-state index contributed by atoms with van der Waals surface area (Å²) in [6.07, 6.45) is 1.71. The molecule has 0 amide bonds. The summed E-state index contributed by atoms with van der Waals surface area (Å²) in [4.78, 5) is 0. The van der Waals surface area contributed by atoms with E-state index in [1.165, 1.54) is 0 Å². The molecule has 0 saturated heterocycles. The van der Waals surface area contributed by atoms with Crippen LogP contribution in [-0.4, -0.2) is 14.8 Å². The molecule has 0 aliphatic carbocycles. The highest BCUT2D eigenvalue weighted by atomic mass is 35.5. The smallest absolute Gasteiger partial charge is 0.168 e. The average Bonchev–Trinajstić information content (AvgIpc) is 2.90. The van der Waals surface area contributed by atoms with Crippen molar-refractivity contribution in [3.05, 3.63) is 65.9 Å². The second-order valence-corrected chi connectivity index (χ2v) is 4.30. The summed E-state index contributed by atoms with van der Waals surface area (Å²) in [5.41, 5.74) is 2.02. The molecule has 1 heterocycles. The maximum atomic E-state index is 5.89. The lowest BCUT2D eigenvalue weighted by Crippen LogP contribution is -1.95. The number of rotatable bonds is 2. The van der Waals surface area contributed by atoms with E-state index in [1.807, 2.05) is 59.2 Å². The van der Waals surface area contributed by atoms with Crippen LogP contribution in [0.25, 0.3) is 17.1 Å². The Hall–Kier alpha value is -2.13. The van der Waals surface area contributed by atoms with Crippen molar-refractivity contribution in [1.29, 1.82) is 0 Å². The van der Waals surface area contributed by atoms with E-state index in [2.05, 4.69) is 10.2 Å². The van der Waals surface area contributed by atoms with Gasteiger partial charge in [0, 0.05) is 16.3 Å². The number of nitrogens with zero attached hydrogens (tertiary/aromatic N) is 3. The first-order valence-electron chi connectivity index (χ1n) is 5.56. The standard InChI is InChI=1S/C14H10ClN3/c15-12-8-6-11(7-9-12)14-17-16-10-18(14)13-4-2-1-3-5-13/h1-10H. The van der Waals surface area contributed by atoms with Crippen LogP contribution in [0.2, 0.25) is 5.02 Å². The molecule has 0 atom stereocenters. The van der Waals surface area contributed by atoms with Crippen LogP contribution in [0.15, 0.2) is 60.9 Å². The highest BCUT2D eigenvalue weighted by molar-refractivity contribution is 6.30. The first-order valence-corrected chi connectivity index (χ1v) is 5.94. The van der Waals surface area contributed by atoms with Gasteiger partial charge in [0.15, 0.2) is 5.82 Å². The second-order valence-electron chi connectivity index (χ2n) is 3.87. The molecular formula is C14H10ClN3. The molecule has 0 bridgehead atoms. The van der Waals surface area contributed by atoms with Crippen molar-refractivity contribution < 1.29 is 0 Å². The predicted molar refractivity (Wildman–Crippen MR) is 71.8 cm³/mol. The quantitative estimate of drug-likeness (QED) is 0.701. The Morgan fingerprint density at radius 3 is 2.33 bits per heavy atom. The SMILES string of the molecule is Clc1ccc(-c2nncn2-c2ccccc2)cc1. The summed E-state index contributed by atoms with van der Waals surface area (Å²) >= 11 is 5.89. The lowest BCUT2D eigenvalue weighted by Gasteiger charge is -2.06. The number of para-hydroxylation sites is 1. The fourth-order valence-electron chi connectivity index (χ4n) is 1.81. The molecule has 0 aliphatic rings. The third kappa shape index (κ3) is 2.00. The van der Waals surface area contributed by atoms with Crippen LogP contribution in [0.4, 0.5) is 0 Å². The summed E-state index contributed by atoms with van der Waals surface area (Å²) < 4.78 is 1.95. The molecule has 3 nitrogen and oxygen atoms in total. The Morgan fingerprint density at radius 1 is 0.889 bits per heavy atom. The van der Waals surface area contributed by atoms with Crippen molar-refractivity contribution in [2.45, 2.75) is 0 Å². The lowest BCUT2D eigenvalue weighted by atomic mass is 10.2. The summed E-state index contributed by atoms with van der Waals surface area (Å²) in [5, 5.41) is 8.85. The number of halogens is 1. The predicted octanol–water partition coefficient (Wildman–Crippen LogP) is 3.59. The van der Waals surface area contributed by atoms with Crippen molar-refractivity contribution in [2.24, 2.45) is 0 Å². The maximum Gasteiger partial charge on any atom is 0.168 e. The van der Waals surface area contributed by atoms with Gasteiger partial charge >= 0.3 is 0 Å². The van der Waals surface area contributed by atoms with Gasteiger partial charge in [-0.15, -0.1) is 10.2 Å². The minimum atomic E-state index is 0.713. The van der Waals surface area contributed by atoms with Crippen LogP contribution in [0.3, 0.4) is 0 Å². The van der Waals surface area contributed by atoms with Crippen molar-refractivity contribution in [3.63, 3.8) is 0 Å². The van der Waals surface area contributed by atoms with Gasteiger partial charge in [-0.3, -0.25) is 4.57 Å². The van der Waals surface area contributed by atoms with Gasteiger partial charge < -0.3 is 0 Å². The third-order valence-electron chi connectivity index (χ3n) is 2.68. The van der Waals surface area contributed by atoms with Crippen LogP contribution in [0.1, 0.15) is 0 Å². The normalized spacial score (nSPS) is 10.5. The lowest BCUT2D eigenvalue weighted by molar-refractivity contribution is 1.06. The Morgan fingerprint density at radius 2 is 1.61 bits per heavy atom. The zero-order chi connectivity index (χ0) is 12.4. The minimum Gasteiger partial charge on any atom is -0.282 e. The number of hydrogen-bond acceptors (Lipinski definition) is 2. The molecule has 0 N–H and O–H groups in total. The van der Waals surface area contributed by atoms with Crippen molar-refractivity contribution >= 4 is 11.6 Å². The number of hydrogen-bond donors (Lipinski definition) is 0. The molecule has 1 aromatic heterocycles. The Labute approximate surface area is 110 Å². The average molecular weight is 256 g/mol. The number of aromatic nitrogens is 3. The van der Waals surface area contributed by atoms with E-state index in [4.69, 9.17) is 11.6 Å². The molecule has 3 aromatic rings. The Balaban J connectivity index is 2.10. The van der Waals surface area contributed by atoms with Crippen LogP contribution in [-0.2, 0) is 0 Å². The van der Waals surface area contributed by atoms with Crippen LogP contribution < -0.4 is 0 Å². The highest BCUT2D eigenvalue weighted by Crippen LogP contribution is 2.21. The fraction of sp³-hybridized carbons (Fsp3) is 0. The molecule has 0 unspecified atom stereocenters. The monoisotopic (exact) mass is 255 g/mol. The molecule has 0 spiro atoms. The second kappa shape index (κ2) is 4.63. The van der Waals surface area contributed by atoms with Gasteiger partial charge in [0.2, 0.25) is 0 Å². The van der Waals surface area contributed by atoms with Crippen LogP contribution >= 0.6 is 11.6 Å². The van der Waals surface area contributed by atoms with Crippen molar-refractivity contribution in [1.82, 2.24) is 14.8 Å². The third-order valence-corrected chi connectivity index (χ3v) is 2.94. The van der Waals surface area contributed by atoms with Crippen molar-refractivity contribution in [3.8, 4) is 17.1 Å². The van der Waals surface area contributed by atoms with E-state index in [9.17, 15) is 0 Å². The molecule has 0 saturated carbocycles. The van der Waals surface area contributed by atoms with E-state index in [0.717, 1.165) is 17.1 Å². The van der Waals surface area contributed by atoms with Gasteiger partial charge in [-0.1, -0.05) is 29.8 Å². The Kier molecular flexibility index (Phi) is 2.82. The summed E-state index contributed by atoms with van der Waals surface area (Å²) in [6.45, 7) is 0. The largest absolute Gasteiger partial charge is 0.282 e. The van der Waals surface area contributed by atoms with Gasteiger partial charge in [0.25, 0.3) is 0 Å². The molecule has 4 heteroatoms. The maximum absolute atomic E-state index is 5.89. The van der Waals surface area contributed by atoms with Gasteiger partial charge in [0.1, 0.15) is 6.33 Å². The van der Waals surface area contributed by atoms with Gasteiger partial charge in [0.05, 0.1) is 0 Å². The van der Waals surface area contributed by atoms with E-state index < -0.39 is 0 Å². The molecule has 18 heavy (non-hydrogen) atoms. The molecule has 3 rings (SSSR count). The minimum absolute atomic E-state index is 0.713. The zero-order valence-electron chi connectivity index (χ0n) is 9.49. The topological polar surface area (TPSA) is 30.7 Å². The van der Waals surface area contributed by atoms with Gasteiger partial charge in [-0.25, -0.2) is 0 Å². The summed E-state index contributed by atoms with van der Waals surface area (Å²) in [7, 11) is 0. The summed E-state index contributed by atoms with van der Waals surface area (Å²) in [6, 6.07) is 17.6. The molecule has 2 aromatic carbocycles. The van der Waals surface area contributed by atoms with Crippen molar-refractivity contribution in [2.75, 3.05) is 0 Å². The molecule has 0 aliphatic heterocycles. The number of benzene rings is 2. The van der Waals surface area contributed by atoms with E-state index >= 15 is 0 Å². The van der Waals surface area contributed by atoms with Crippen LogP contribution in [0, 0.1) is 0 Å². The van der Waals surface area contributed by atoms with E-state index in [1.54, 1.807) is 6.33 Å². The molecule has 0 radical (unpaired) electrons. The van der Waals surface area contributed by atoms with E-state index in [-0.39, 0.29) is 0 Å². The Bertz CT molecular complexity index is 644. The molecule has 88 valence electrons. The molecule has 0 fully saturated rings. The van der Waals surface area contributed by atoms with Gasteiger partial charge in [-0.2, -0.15) is 0 Å². The van der Waals surface area contributed by atoms with Crippen LogP contribution in [0.5, 0.6) is 0 Å². The fourth-order valence-corrected chi connectivity index (χ4v) is 1.93.